The van der Waals surface area contributed by atoms with Crippen LogP contribution in [0.5, 0.6) is 0 Å². The summed E-state index contributed by atoms with van der Waals surface area (Å²) < 4.78 is 3.19. The van der Waals surface area contributed by atoms with Gasteiger partial charge >= 0.3 is 5.69 Å². The van der Waals surface area contributed by atoms with Crippen LogP contribution >= 0.6 is 34.5 Å². The molecule has 0 bridgehead atoms. The minimum absolute atomic E-state index is 0.0751. The van der Waals surface area contributed by atoms with Crippen molar-refractivity contribution in [2.45, 2.75) is 19.5 Å². The van der Waals surface area contributed by atoms with Crippen molar-refractivity contribution >= 4 is 51.2 Å². The lowest BCUT2D eigenvalue weighted by atomic mass is 10.2. The summed E-state index contributed by atoms with van der Waals surface area (Å²) in [5.74, 6) is 0.586. The van der Waals surface area contributed by atoms with Crippen molar-refractivity contribution in [2.75, 3.05) is 5.32 Å². The van der Waals surface area contributed by atoms with Gasteiger partial charge in [-0.1, -0.05) is 40.6 Å². The molecule has 13 heteroatoms. The summed E-state index contributed by atoms with van der Waals surface area (Å²) in [4.78, 5) is 10.3. The molecule has 0 radical (unpaired) electrons. The molecule has 0 spiro atoms. The maximum Gasteiger partial charge on any atom is 0.307 e. The minimum Gasteiger partial charge on any atom is -0.313 e. The van der Waals surface area contributed by atoms with Crippen LogP contribution in [0.1, 0.15) is 23.5 Å². The Morgan fingerprint density at radius 3 is 2.73 bits per heavy atom. The van der Waals surface area contributed by atoms with Crippen molar-refractivity contribution in [3.05, 3.63) is 73.6 Å². The topological polar surface area (TPSA) is 117 Å². The van der Waals surface area contributed by atoms with E-state index in [1.54, 1.807) is 35.1 Å². The lowest BCUT2D eigenvalue weighted by molar-refractivity contribution is -0.385. The summed E-state index contributed by atoms with van der Waals surface area (Å²) in [6.07, 6.45) is 4.37. The third-order valence-corrected chi connectivity index (χ3v) is 5.97. The third-order valence-electron chi connectivity index (χ3n) is 4.25. The van der Waals surface area contributed by atoms with Gasteiger partial charge in [0.15, 0.2) is 5.82 Å². The molecular formula is C17H14Cl2N8O2S. The van der Waals surface area contributed by atoms with E-state index in [0.29, 0.717) is 32.5 Å². The Hall–Kier alpha value is -3.02. The van der Waals surface area contributed by atoms with Crippen molar-refractivity contribution in [1.82, 2.24) is 29.8 Å². The van der Waals surface area contributed by atoms with Gasteiger partial charge in [-0.15, -0.1) is 10.2 Å². The van der Waals surface area contributed by atoms with E-state index in [9.17, 15) is 10.1 Å². The van der Waals surface area contributed by atoms with Gasteiger partial charge in [0.1, 0.15) is 23.4 Å². The molecule has 0 amide bonds. The predicted molar refractivity (Wildman–Crippen MR) is 114 cm³/mol. The minimum atomic E-state index is -0.491. The monoisotopic (exact) mass is 464 g/mol. The van der Waals surface area contributed by atoms with E-state index in [0.717, 1.165) is 5.56 Å². The summed E-state index contributed by atoms with van der Waals surface area (Å²) in [7, 11) is 0. The lowest BCUT2D eigenvalue weighted by Crippen LogP contribution is -2.06. The number of anilines is 2. The Balaban J connectivity index is 1.44. The predicted octanol–water partition coefficient (Wildman–Crippen LogP) is 4.55. The van der Waals surface area contributed by atoms with E-state index in [-0.39, 0.29) is 11.7 Å². The highest BCUT2D eigenvalue weighted by Crippen LogP contribution is 2.28. The first-order chi connectivity index (χ1) is 14.4. The Morgan fingerprint density at radius 1 is 1.27 bits per heavy atom. The summed E-state index contributed by atoms with van der Waals surface area (Å²) >= 11 is 13.7. The first-order valence-electron chi connectivity index (χ1n) is 8.66. The number of nitro groups is 1. The molecule has 10 nitrogen and oxygen atoms in total. The van der Waals surface area contributed by atoms with Crippen molar-refractivity contribution in [3.63, 3.8) is 0 Å². The van der Waals surface area contributed by atoms with Crippen LogP contribution in [-0.4, -0.2) is 34.7 Å². The van der Waals surface area contributed by atoms with Crippen LogP contribution in [0.2, 0.25) is 10.0 Å². The number of hydrogen-bond donors (Lipinski definition) is 1. The fourth-order valence-electron chi connectivity index (χ4n) is 2.67. The highest BCUT2D eigenvalue weighted by Gasteiger charge is 2.18. The van der Waals surface area contributed by atoms with E-state index in [4.69, 9.17) is 23.2 Å². The van der Waals surface area contributed by atoms with Gasteiger partial charge in [-0.05, 0) is 19.1 Å². The fraction of sp³-hybridized carbons (Fsp3) is 0.176. The van der Waals surface area contributed by atoms with Crippen LogP contribution in [0.3, 0.4) is 0 Å². The summed E-state index contributed by atoms with van der Waals surface area (Å²) in [5.41, 5.74) is 0.713. The molecule has 0 saturated carbocycles. The Morgan fingerprint density at radius 2 is 2.03 bits per heavy atom. The zero-order valence-corrected chi connectivity index (χ0v) is 17.8. The number of benzene rings is 1. The average Bonchev–Trinajstić information content (AvgIpc) is 3.46. The van der Waals surface area contributed by atoms with Gasteiger partial charge in [0.25, 0.3) is 0 Å². The zero-order valence-electron chi connectivity index (χ0n) is 15.4. The summed E-state index contributed by atoms with van der Waals surface area (Å²) in [5, 5.41) is 33.0. The van der Waals surface area contributed by atoms with E-state index in [2.05, 4.69) is 25.7 Å². The maximum atomic E-state index is 10.8. The number of nitrogens with one attached hydrogen (secondary N) is 1. The molecule has 0 saturated heterocycles. The molecule has 1 aromatic carbocycles. The molecule has 3 heterocycles. The zero-order chi connectivity index (χ0) is 21.3. The largest absolute Gasteiger partial charge is 0.313 e. The second-order valence-electron chi connectivity index (χ2n) is 6.28. The maximum absolute atomic E-state index is 10.8. The van der Waals surface area contributed by atoms with Crippen LogP contribution in [-0.2, 0) is 6.54 Å². The van der Waals surface area contributed by atoms with Gasteiger partial charge in [-0.25, -0.2) is 0 Å². The first kappa shape index (κ1) is 20.3. The second-order valence-corrected chi connectivity index (χ2v) is 8.10. The van der Waals surface area contributed by atoms with E-state index < -0.39 is 4.92 Å². The van der Waals surface area contributed by atoms with E-state index in [1.807, 2.05) is 6.92 Å². The Kier molecular flexibility index (Phi) is 5.66. The molecule has 4 rings (SSSR count). The van der Waals surface area contributed by atoms with Crippen LogP contribution in [0, 0.1) is 10.1 Å². The van der Waals surface area contributed by atoms with Gasteiger partial charge in [0.2, 0.25) is 5.13 Å². The Bertz CT molecular complexity index is 1180. The molecule has 0 aliphatic rings. The Labute approximate surface area is 184 Å². The van der Waals surface area contributed by atoms with E-state index in [1.165, 1.54) is 28.4 Å². The van der Waals surface area contributed by atoms with Crippen LogP contribution in [0.4, 0.5) is 16.6 Å². The van der Waals surface area contributed by atoms with Crippen LogP contribution < -0.4 is 5.32 Å². The van der Waals surface area contributed by atoms with Crippen molar-refractivity contribution < 1.29 is 4.92 Å². The molecule has 0 aliphatic heterocycles. The second kappa shape index (κ2) is 8.38. The van der Waals surface area contributed by atoms with Crippen LogP contribution in [0.15, 0.2) is 42.9 Å². The third kappa shape index (κ3) is 4.27. The molecule has 30 heavy (non-hydrogen) atoms. The van der Waals surface area contributed by atoms with Gasteiger partial charge in [0, 0.05) is 27.9 Å². The molecular weight excluding hydrogens is 451 g/mol. The number of aromatic nitrogens is 6. The number of halogens is 2. The van der Waals surface area contributed by atoms with Crippen molar-refractivity contribution in [2.24, 2.45) is 0 Å². The SMILES string of the molecule is C[C@@H](c1nnc(Nc2ccn(Cc3c(Cl)cccc3Cl)n2)s1)n1cc([N+](=O)[O-])cn1. The summed E-state index contributed by atoms with van der Waals surface area (Å²) in [6, 6.07) is 6.85. The molecule has 0 aliphatic carbocycles. The first-order valence-corrected chi connectivity index (χ1v) is 10.2. The molecule has 1 N–H and O–H groups in total. The quantitative estimate of drug-likeness (QED) is 0.314. The van der Waals surface area contributed by atoms with Gasteiger partial charge < -0.3 is 5.32 Å². The highest BCUT2D eigenvalue weighted by atomic mass is 35.5. The number of hydrogen-bond acceptors (Lipinski definition) is 8. The molecule has 1 atom stereocenters. The fourth-order valence-corrected chi connectivity index (χ4v) is 3.99. The average molecular weight is 465 g/mol. The molecule has 4 aromatic rings. The van der Waals surface area contributed by atoms with Gasteiger partial charge in [-0.2, -0.15) is 10.2 Å². The standard InChI is InChI=1S/C17H14Cl2N8O2S/c1-10(26-8-11(7-20-26)27(28)29)16-22-23-17(30-16)21-15-5-6-25(24-15)9-12-13(18)3-2-4-14(12)19/h2-8,10H,9H2,1H3,(H,21,23,24)/t10-/m0/s1. The van der Waals surface area contributed by atoms with Crippen molar-refractivity contribution in [3.8, 4) is 0 Å². The number of nitrogens with zero attached hydrogens (tertiary/aromatic N) is 7. The molecule has 0 fully saturated rings. The van der Waals surface area contributed by atoms with Crippen molar-refractivity contribution in [1.29, 1.82) is 0 Å². The normalized spacial score (nSPS) is 12.1. The summed E-state index contributed by atoms with van der Waals surface area (Å²) in [6.45, 7) is 2.26. The smallest absolute Gasteiger partial charge is 0.307 e. The van der Waals surface area contributed by atoms with E-state index >= 15 is 0 Å². The molecule has 154 valence electrons. The van der Waals surface area contributed by atoms with Gasteiger partial charge in [0.05, 0.1) is 11.5 Å². The molecule has 3 aromatic heterocycles. The lowest BCUT2D eigenvalue weighted by Gasteiger charge is -2.07. The molecule has 0 unspecified atom stereocenters. The highest BCUT2D eigenvalue weighted by molar-refractivity contribution is 7.15. The van der Waals surface area contributed by atoms with Gasteiger partial charge in [-0.3, -0.25) is 19.5 Å². The number of rotatable bonds is 7. The van der Waals surface area contributed by atoms with Crippen LogP contribution in [0.25, 0.3) is 0 Å².